The molecule has 0 bridgehead atoms. The molecule has 1 saturated heterocycles. The van der Waals surface area contributed by atoms with E-state index in [1.807, 2.05) is 48.7 Å². The van der Waals surface area contributed by atoms with Crippen LogP contribution in [0.3, 0.4) is 0 Å². The zero-order chi connectivity index (χ0) is 39.3. The van der Waals surface area contributed by atoms with Gasteiger partial charge in [-0.3, -0.25) is 19.3 Å². The number of pyridine rings is 1. The van der Waals surface area contributed by atoms with Crippen molar-refractivity contribution in [3.8, 4) is 17.0 Å². The molecule has 6 rings (SSSR count). The Morgan fingerprint density at radius 1 is 0.964 bits per heavy atom. The van der Waals surface area contributed by atoms with Crippen molar-refractivity contribution < 1.29 is 23.9 Å². The number of anilines is 3. The minimum atomic E-state index is -0.131. The summed E-state index contributed by atoms with van der Waals surface area (Å²) in [5.74, 6) is 0.221. The Morgan fingerprint density at radius 3 is 2.59 bits per heavy atom. The predicted molar refractivity (Wildman–Crippen MR) is 225 cm³/mol. The Bertz CT molecular complexity index is 2090. The Balaban J connectivity index is 0.801. The van der Waals surface area contributed by atoms with Crippen LogP contribution in [0.1, 0.15) is 67.3 Å². The van der Waals surface area contributed by atoms with Crippen molar-refractivity contribution in [3.63, 3.8) is 0 Å². The fourth-order valence-corrected chi connectivity index (χ4v) is 8.87. The summed E-state index contributed by atoms with van der Waals surface area (Å²) in [5, 5.41) is 11.4. The Labute approximate surface area is 338 Å². The number of unbranched alkanes of at least 4 members (excludes halogenated alkanes) is 4. The number of aryl methyl sites for hydroxylation is 1. The lowest BCUT2D eigenvalue weighted by Crippen LogP contribution is -2.41. The average molecular weight is 819 g/mol. The summed E-state index contributed by atoms with van der Waals surface area (Å²) in [7, 11) is 0. The van der Waals surface area contributed by atoms with E-state index in [9.17, 15) is 18.9 Å². The highest BCUT2D eigenvalue weighted by atomic mass is 32.2. The lowest BCUT2D eigenvalue weighted by atomic mass is 9.96. The Kier molecular flexibility index (Phi) is 14.9. The van der Waals surface area contributed by atoms with Gasteiger partial charge in [0.25, 0.3) is 5.91 Å². The van der Waals surface area contributed by atoms with Crippen LogP contribution in [-0.2, 0) is 9.59 Å². The number of fused-ring (bicyclic) bond motifs is 1. The van der Waals surface area contributed by atoms with Gasteiger partial charge in [-0.1, -0.05) is 54.9 Å². The number of hydrogen-bond donors (Lipinski definition) is 5. The molecule has 1 aliphatic heterocycles. The zero-order valence-electron chi connectivity index (χ0n) is 31.3. The molecule has 3 aromatic heterocycles. The normalized spacial score (nSPS) is 13.4. The van der Waals surface area contributed by atoms with Crippen molar-refractivity contribution in [1.29, 1.82) is 0 Å². The molecule has 3 amide bonds. The third kappa shape index (κ3) is 11.6. The molecule has 5 aromatic rings. The number of thiazole rings is 1. The van der Waals surface area contributed by atoms with E-state index < -0.39 is 0 Å². The van der Waals surface area contributed by atoms with Crippen molar-refractivity contribution in [3.05, 3.63) is 77.2 Å². The second kappa shape index (κ2) is 20.4. The van der Waals surface area contributed by atoms with Gasteiger partial charge >= 0.3 is 0 Å². The SMILES string of the molecule is Cc1ccc(N)nc1-c1cccc(C(=O)NCCCCCCCC(=O)NCCN2CCC(C(=O)Nc3nc4cc(OF)c(NSc5cccs5)cc4s3)CC2)c1. The maximum Gasteiger partial charge on any atom is 0.251 e. The third-order valence-corrected chi connectivity index (χ3v) is 12.4. The van der Waals surface area contributed by atoms with Crippen LogP contribution in [0.4, 0.5) is 21.2 Å². The minimum absolute atomic E-state index is 0.0305. The molecule has 12 nitrogen and oxygen atoms in total. The Hall–Kier alpha value is -4.77. The molecule has 56 heavy (non-hydrogen) atoms. The van der Waals surface area contributed by atoms with Gasteiger partial charge in [-0.05, 0) is 98.9 Å². The number of hydrogen-bond acceptors (Lipinski definition) is 12. The van der Waals surface area contributed by atoms with Crippen molar-refractivity contribution in [2.75, 3.05) is 48.5 Å². The zero-order valence-corrected chi connectivity index (χ0v) is 33.7. The van der Waals surface area contributed by atoms with Crippen LogP contribution >= 0.6 is 34.6 Å². The standard InChI is InChI=1S/C40H47FN8O4S3/c1-26-13-14-34(42)46-37(26)28-9-7-10-29(23-28)38(51)44-17-6-4-2-3-5-11-35(50)43-18-21-49-19-15-27(16-20-49)39(52)47-40-45-31-24-32(53-41)30(25-33(31)55-40)48-56-36-12-8-22-54-36/h7-10,12-14,22-25,27,48H,2-6,11,15-21H2,1H3,(H2,42,46)(H,43,50)(H,44,51)(H,45,47,52). The lowest BCUT2D eigenvalue weighted by Gasteiger charge is -2.31. The van der Waals surface area contributed by atoms with Crippen LogP contribution in [-0.4, -0.2) is 65.3 Å². The second-order valence-corrected chi connectivity index (χ2v) is 16.8. The second-order valence-electron chi connectivity index (χ2n) is 13.8. The van der Waals surface area contributed by atoms with E-state index in [2.05, 4.69) is 40.5 Å². The number of likely N-dealkylation sites (tertiary alicyclic amines) is 1. The summed E-state index contributed by atoms with van der Waals surface area (Å²) in [4.78, 5) is 53.5. The maximum absolute atomic E-state index is 13.3. The molecule has 0 aliphatic carbocycles. The fraction of sp³-hybridized carbons (Fsp3) is 0.375. The largest absolute Gasteiger partial charge is 0.384 e. The molecule has 1 aliphatic rings. The third-order valence-electron chi connectivity index (χ3n) is 9.65. The number of aromatic nitrogens is 2. The molecule has 296 valence electrons. The van der Waals surface area contributed by atoms with Gasteiger partial charge in [-0.2, -0.15) is 0 Å². The lowest BCUT2D eigenvalue weighted by molar-refractivity contribution is -0.121. The van der Waals surface area contributed by atoms with Crippen molar-refractivity contribution in [2.45, 2.75) is 62.5 Å². The monoisotopic (exact) mass is 818 g/mol. The number of piperidine rings is 1. The summed E-state index contributed by atoms with van der Waals surface area (Å²) in [6.07, 6.45) is 6.58. The number of carbonyl (C=O) groups is 3. The highest BCUT2D eigenvalue weighted by Crippen LogP contribution is 2.38. The molecule has 2 aromatic carbocycles. The fourth-order valence-electron chi connectivity index (χ4n) is 6.54. The number of nitrogen functional groups attached to an aromatic ring is 1. The van der Waals surface area contributed by atoms with Crippen LogP contribution in [0.15, 0.2) is 70.3 Å². The van der Waals surface area contributed by atoms with E-state index in [1.54, 1.807) is 29.5 Å². The van der Waals surface area contributed by atoms with Gasteiger partial charge in [0.1, 0.15) is 5.82 Å². The van der Waals surface area contributed by atoms with Crippen molar-refractivity contribution >= 4 is 79.2 Å². The summed E-state index contributed by atoms with van der Waals surface area (Å²) in [6.45, 7) is 5.43. The molecule has 0 radical (unpaired) electrons. The van der Waals surface area contributed by atoms with Crippen LogP contribution in [0, 0.1) is 12.8 Å². The molecule has 4 heterocycles. The molecule has 0 atom stereocenters. The summed E-state index contributed by atoms with van der Waals surface area (Å²) < 4.78 is 18.3. The predicted octanol–water partition coefficient (Wildman–Crippen LogP) is 8.23. The van der Waals surface area contributed by atoms with Crippen LogP contribution < -0.4 is 31.3 Å². The van der Waals surface area contributed by atoms with Crippen LogP contribution in [0.25, 0.3) is 21.5 Å². The summed E-state index contributed by atoms with van der Waals surface area (Å²) in [5.41, 5.74) is 10.1. The van der Waals surface area contributed by atoms with Gasteiger partial charge in [0, 0.05) is 53.7 Å². The molecule has 1 fully saturated rings. The smallest absolute Gasteiger partial charge is 0.251 e. The van der Waals surface area contributed by atoms with Gasteiger partial charge in [0.15, 0.2) is 10.9 Å². The van der Waals surface area contributed by atoms with Gasteiger partial charge < -0.3 is 31.3 Å². The number of halogens is 1. The molecule has 0 spiro atoms. The molecule has 0 saturated carbocycles. The summed E-state index contributed by atoms with van der Waals surface area (Å²) in [6, 6.07) is 18.3. The van der Waals surface area contributed by atoms with Crippen LogP contribution in [0.2, 0.25) is 0 Å². The van der Waals surface area contributed by atoms with E-state index >= 15 is 0 Å². The van der Waals surface area contributed by atoms with E-state index in [0.29, 0.717) is 47.2 Å². The topological polar surface area (TPSA) is 164 Å². The Morgan fingerprint density at radius 2 is 1.79 bits per heavy atom. The van der Waals surface area contributed by atoms with E-state index in [1.165, 1.54) is 29.4 Å². The van der Waals surface area contributed by atoms with Crippen molar-refractivity contribution in [1.82, 2.24) is 25.5 Å². The number of nitrogens with zero attached hydrogens (tertiary/aromatic N) is 3. The van der Waals surface area contributed by atoms with Gasteiger partial charge in [-0.25, -0.2) is 9.97 Å². The number of nitrogens with two attached hydrogens (primary N) is 1. The number of thiophene rings is 1. The summed E-state index contributed by atoms with van der Waals surface area (Å²) >= 11 is 4.28. The van der Waals surface area contributed by atoms with E-state index in [4.69, 9.17) is 5.73 Å². The minimum Gasteiger partial charge on any atom is -0.384 e. The highest BCUT2D eigenvalue weighted by molar-refractivity contribution is 8.02. The van der Waals surface area contributed by atoms with Gasteiger partial charge in [0.05, 0.1) is 25.8 Å². The first kappa shape index (κ1) is 40.9. The quantitative estimate of drug-likeness (QED) is 0.0405. The molecular weight excluding hydrogens is 772 g/mol. The number of amides is 3. The first-order valence-corrected chi connectivity index (χ1v) is 21.4. The van der Waals surface area contributed by atoms with E-state index in [-0.39, 0.29) is 29.4 Å². The van der Waals surface area contributed by atoms with Crippen LogP contribution in [0.5, 0.6) is 5.75 Å². The number of benzene rings is 2. The number of nitrogens with one attached hydrogen (secondary N) is 4. The van der Waals surface area contributed by atoms with Gasteiger partial charge in [-0.15, -0.1) is 11.3 Å². The average Bonchev–Trinajstić information content (AvgIpc) is 3.88. The number of carbonyl (C=O) groups excluding carboxylic acids is 3. The maximum atomic E-state index is 13.3. The highest BCUT2D eigenvalue weighted by Gasteiger charge is 2.26. The van der Waals surface area contributed by atoms with Gasteiger partial charge in [0.2, 0.25) is 11.8 Å². The van der Waals surface area contributed by atoms with Crippen molar-refractivity contribution in [2.24, 2.45) is 5.92 Å². The molecule has 0 unspecified atom stereocenters. The first-order valence-electron chi connectivity index (χ1n) is 18.9. The molecule has 6 N–H and O–H groups in total. The first-order chi connectivity index (χ1) is 27.2. The van der Waals surface area contributed by atoms with E-state index in [0.717, 1.165) is 90.3 Å². The molecular formula is C40H47FN8O4S3. The number of rotatable bonds is 19. The molecule has 16 heteroatoms.